The van der Waals surface area contributed by atoms with Gasteiger partial charge in [0, 0.05) is 39.7 Å². The number of rotatable bonds is 11. The van der Waals surface area contributed by atoms with Crippen LogP contribution in [-0.2, 0) is 16.2 Å². The zero-order chi connectivity index (χ0) is 52.7. The Kier molecular flexibility index (Phi) is 12.6. The molecular weight excluding hydrogens is 931 g/mol. The number of anilines is 6. The molecule has 3 nitrogen and oxygen atoms in total. The number of aromatic nitrogens is 1. The van der Waals surface area contributed by atoms with Gasteiger partial charge in [-0.1, -0.05) is 211 Å². The van der Waals surface area contributed by atoms with Crippen LogP contribution in [0.3, 0.4) is 0 Å². The second-order valence-corrected chi connectivity index (χ2v) is 22.5. The number of hydrogen-bond acceptors (Lipinski definition) is 3. The minimum absolute atomic E-state index is 0.0614. The lowest BCUT2D eigenvalue weighted by molar-refractivity contribution is 0.585. The van der Waals surface area contributed by atoms with Gasteiger partial charge in [-0.15, -0.1) is 0 Å². The summed E-state index contributed by atoms with van der Waals surface area (Å²) in [6.45, 7) is 13.9. The van der Waals surface area contributed by atoms with Gasteiger partial charge >= 0.3 is 0 Å². The third kappa shape index (κ3) is 9.23. The molecule has 10 aromatic carbocycles. The first-order valence-electron chi connectivity index (χ1n) is 26.9. The molecule has 0 amide bonds. The maximum atomic E-state index is 5.92. The van der Waals surface area contributed by atoms with Crippen molar-refractivity contribution in [3.8, 4) is 44.6 Å². The third-order valence-corrected chi connectivity index (χ3v) is 15.4. The Morgan fingerprint density at radius 2 is 0.649 bits per heavy atom. The van der Waals surface area contributed by atoms with Crippen LogP contribution >= 0.6 is 0 Å². The fourth-order valence-electron chi connectivity index (χ4n) is 11.4. The number of para-hydroxylation sites is 4. The van der Waals surface area contributed by atoms with Gasteiger partial charge in [0.1, 0.15) is 0 Å². The van der Waals surface area contributed by atoms with Crippen molar-refractivity contribution < 1.29 is 0 Å². The molecule has 77 heavy (non-hydrogen) atoms. The molecule has 0 saturated carbocycles. The Morgan fingerprint density at radius 3 is 1.03 bits per heavy atom. The third-order valence-electron chi connectivity index (χ3n) is 15.4. The van der Waals surface area contributed by atoms with E-state index in [-0.39, 0.29) is 10.8 Å². The van der Waals surface area contributed by atoms with Crippen molar-refractivity contribution in [1.82, 2.24) is 4.98 Å². The molecule has 0 radical (unpaired) electrons. The first kappa shape index (κ1) is 48.9. The molecular formula is C74H63N3. The monoisotopic (exact) mass is 994 g/mol. The molecule has 1 aliphatic rings. The van der Waals surface area contributed by atoms with Gasteiger partial charge in [0.25, 0.3) is 0 Å². The van der Waals surface area contributed by atoms with E-state index in [0.29, 0.717) is 0 Å². The molecule has 0 fully saturated rings. The van der Waals surface area contributed by atoms with E-state index in [1.54, 1.807) is 0 Å². The summed E-state index contributed by atoms with van der Waals surface area (Å²) in [5, 5.41) is 0. The van der Waals surface area contributed by atoms with Crippen LogP contribution in [0.15, 0.2) is 273 Å². The van der Waals surface area contributed by atoms with E-state index >= 15 is 0 Å². The van der Waals surface area contributed by atoms with Gasteiger partial charge in [-0.05, 0) is 175 Å². The molecule has 12 rings (SSSR count). The average Bonchev–Trinajstić information content (AvgIpc) is 3.82. The lowest BCUT2D eigenvalue weighted by atomic mass is 9.68. The first-order valence-corrected chi connectivity index (χ1v) is 26.9. The molecule has 11 aromatic rings. The van der Waals surface area contributed by atoms with Crippen molar-refractivity contribution in [2.75, 3.05) is 9.80 Å². The van der Waals surface area contributed by atoms with Gasteiger partial charge in [-0.25, -0.2) is 0 Å². The Morgan fingerprint density at radius 1 is 0.299 bits per heavy atom. The normalized spacial score (nSPS) is 12.6. The maximum absolute atomic E-state index is 5.92. The molecule has 0 atom stereocenters. The quantitative estimate of drug-likeness (QED) is 0.129. The highest BCUT2D eigenvalue weighted by Gasteiger charge is 2.48. The standard InChI is InChI=1S/C74H63N3/c1-72(2,3)58-39-45-66-67-46-40-59(73(4,5)6)51-69(67)74(68(66)50-58,57-23-12-7-13-24-57)71-34-22-33-70(75-71)56-48-54(52-35-41-64(42-36-52)76(60-25-14-8-15-26-60)61-27-16-9-17-28-61)47-55(49-56)53-37-43-65(44-38-53)77(62-29-18-10-19-30-62)63-31-20-11-21-32-63/h7-51H,1-6H3. The number of fused-ring (bicyclic) bond motifs is 3. The summed E-state index contributed by atoms with van der Waals surface area (Å²) in [4.78, 5) is 10.5. The summed E-state index contributed by atoms with van der Waals surface area (Å²) in [5.41, 5.74) is 22.1. The zero-order valence-corrected chi connectivity index (χ0v) is 44.8. The van der Waals surface area contributed by atoms with Crippen LogP contribution in [0.25, 0.3) is 44.6 Å². The predicted octanol–water partition coefficient (Wildman–Crippen LogP) is 20.0. The number of benzene rings is 10. The minimum atomic E-state index is -0.691. The van der Waals surface area contributed by atoms with Crippen LogP contribution in [-0.4, -0.2) is 4.98 Å². The number of nitrogens with zero attached hydrogens (tertiary/aromatic N) is 3. The summed E-state index contributed by atoms with van der Waals surface area (Å²) in [6.07, 6.45) is 0. The van der Waals surface area contributed by atoms with E-state index in [1.165, 1.54) is 38.9 Å². The lowest BCUT2D eigenvalue weighted by Crippen LogP contribution is -2.31. The van der Waals surface area contributed by atoms with Crippen molar-refractivity contribution in [2.45, 2.75) is 57.8 Å². The molecule has 1 aromatic heterocycles. The molecule has 1 heterocycles. The lowest BCUT2D eigenvalue weighted by Gasteiger charge is -2.34. The van der Waals surface area contributed by atoms with Gasteiger partial charge in [0.15, 0.2) is 0 Å². The average molecular weight is 994 g/mol. The summed E-state index contributed by atoms with van der Waals surface area (Å²) in [7, 11) is 0. The van der Waals surface area contributed by atoms with Crippen LogP contribution in [0.2, 0.25) is 0 Å². The van der Waals surface area contributed by atoms with Crippen molar-refractivity contribution >= 4 is 34.1 Å². The second kappa shape index (κ2) is 19.9. The summed E-state index contributed by atoms with van der Waals surface area (Å²) >= 11 is 0. The van der Waals surface area contributed by atoms with Gasteiger partial charge in [-0.3, -0.25) is 4.98 Å². The molecule has 0 saturated heterocycles. The SMILES string of the molecule is CC(C)(C)c1ccc2c(c1)C(c1ccccc1)(c1cccc(-c3cc(-c4ccc(N(c5ccccc5)c5ccccc5)cc4)cc(-c4ccc(N(c5ccccc5)c5ccccc5)cc4)c3)n1)c1cc(C(C)(C)C)ccc1-2. The van der Waals surface area contributed by atoms with Crippen molar-refractivity contribution in [3.63, 3.8) is 0 Å². The molecule has 0 spiro atoms. The molecule has 1 aliphatic carbocycles. The maximum Gasteiger partial charge on any atom is 0.0886 e. The van der Waals surface area contributed by atoms with Crippen LogP contribution < -0.4 is 9.80 Å². The summed E-state index contributed by atoms with van der Waals surface area (Å²) in [5.74, 6) is 0. The minimum Gasteiger partial charge on any atom is -0.311 e. The van der Waals surface area contributed by atoms with Crippen LogP contribution in [0.1, 0.15) is 75.1 Å². The summed E-state index contributed by atoms with van der Waals surface area (Å²) < 4.78 is 0. The van der Waals surface area contributed by atoms with E-state index in [0.717, 1.165) is 73.3 Å². The highest BCUT2D eigenvalue weighted by atomic mass is 15.1. The van der Waals surface area contributed by atoms with Gasteiger partial charge in [0.2, 0.25) is 0 Å². The summed E-state index contributed by atoms with van der Waals surface area (Å²) in [6, 6.07) is 99.6. The van der Waals surface area contributed by atoms with Gasteiger partial charge in [0.05, 0.1) is 16.8 Å². The molecule has 0 unspecified atom stereocenters. The van der Waals surface area contributed by atoms with Crippen molar-refractivity contribution in [3.05, 3.63) is 306 Å². The van der Waals surface area contributed by atoms with Crippen LogP contribution in [0.4, 0.5) is 34.1 Å². The Labute approximate surface area is 455 Å². The van der Waals surface area contributed by atoms with E-state index in [4.69, 9.17) is 4.98 Å². The zero-order valence-electron chi connectivity index (χ0n) is 44.8. The van der Waals surface area contributed by atoms with Crippen LogP contribution in [0.5, 0.6) is 0 Å². The first-order chi connectivity index (χ1) is 37.4. The second-order valence-electron chi connectivity index (χ2n) is 22.5. The van der Waals surface area contributed by atoms with Crippen LogP contribution in [0, 0.1) is 0 Å². The highest BCUT2D eigenvalue weighted by Crippen LogP contribution is 2.57. The fourth-order valence-corrected chi connectivity index (χ4v) is 11.4. The largest absolute Gasteiger partial charge is 0.311 e. The van der Waals surface area contributed by atoms with Gasteiger partial charge in [-0.2, -0.15) is 0 Å². The van der Waals surface area contributed by atoms with Crippen molar-refractivity contribution in [1.29, 1.82) is 0 Å². The highest BCUT2D eigenvalue weighted by molar-refractivity contribution is 5.88. The molecule has 0 N–H and O–H groups in total. The molecule has 0 aliphatic heterocycles. The molecule has 3 heteroatoms. The topological polar surface area (TPSA) is 19.4 Å². The fraction of sp³-hybridized carbons (Fsp3) is 0.122. The van der Waals surface area contributed by atoms with Gasteiger partial charge < -0.3 is 9.80 Å². The Bertz CT molecular complexity index is 3550. The Hall–Kier alpha value is -9.05. The van der Waals surface area contributed by atoms with E-state index in [1.807, 2.05) is 0 Å². The number of pyridine rings is 1. The van der Waals surface area contributed by atoms with Crippen molar-refractivity contribution in [2.24, 2.45) is 0 Å². The Balaban J connectivity index is 1.04. The predicted molar refractivity (Wildman–Crippen MR) is 325 cm³/mol. The molecule has 374 valence electrons. The number of hydrogen-bond donors (Lipinski definition) is 0. The smallest absolute Gasteiger partial charge is 0.0886 e. The van der Waals surface area contributed by atoms with E-state index in [2.05, 4.69) is 324 Å². The van der Waals surface area contributed by atoms with E-state index < -0.39 is 5.41 Å². The van der Waals surface area contributed by atoms with E-state index in [9.17, 15) is 0 Å². The molecule has 0 bridgehead atoms.